The van der Waals surface area contributed by atoms with E-state index in [1.165, 1.54) is 23.1 Å². The first-order chi connectivity index (χ1) is 10.3. The lowest BCUT2D eigenvalue weighted by Gasteiger charge is -2.33. The van der Waals surface area contributed by atoms with Gasteiger partial charge < -0.3 is 10.1 Å². The second-order valence-electron chi connectivity index (χ2n) is 5.85. The van der Waals surface area contributed by atoms with Gasteiger partial charge in [0.1, 0.15) is 5.75 Å². The topological polar surface area (TPSA) is 21.3 Å². The molecule has 1 aliphatic heterocycles. The number of hydrogen-bond donors (Lipinski definition) is 1. The van der Waals surface area contributed by atoms with Crippen molar-refractivity contribution in [1.29, 1.82) is 0 Å². The van der Waals surface area contributed by atoms with Crippen LogP contribution in [0.3, 0.4) is 0 Å². The van der Waals surface area contributed by atoms with Gasteiger partial charge in [0, 0.05) is 12.5 Å². The highest BCUT2D eigenvalue weighted by Gasteiger charge is 2.27. The van der Waals surface area contributed by atoms with Gasteiger partial charge in [0.15, 0.2) is 0 Å². The monoisotopic (exact) mass is 281 g/mol. The second-order valence-corrected chi connectivity index (χ2v) is 5.85. The molecule has 0 radical (unpaired) electrons. The Kier molecular flexibility index (Phi) is 4.26. The first kappa shape index (κ1) is 14.2. The van der Waals surface area contributed by atoms with Crippen molar-refractivity contribution in [3.05, 3.63) is 65.2 Å². The molecule has 1 saturated heterocycles. The Hall–Kier alpha value is -1.80. The highest BCUT2D eigenvalue weighted by Crippen LogP contribution is 2.38. The summed E-state index contributed by atoms with van der Waals surface area (Å²) < 4.78 is 5.39. The van der Waals surface area contributed by atoms with Gasteiger partial charge in [-0.2, -0.15) is 0 Å². The summed E-state index contributed by atoms with van der Waals surface area (Å²) in [4.78, 5) is 0. The van der Waals surface area contributed by atoms with Crippen molar-refractivity contribution in [1.82, 2.24) is 5.32 Å². The van der Waals surface area contributed by atoms with E-state index in [0.29, 0.717) is 11.8 Å². The van der Waals surface area contributed by atoms with Gasteiger partial charge in [-0.05, 0) is 48.6 Å². The van der Waals surface area contributed by atoms with Crippen LogP contribution < -0.4 is 10.1 Å². The molecule has 0 aromatic heterocycles. The second kappa shape index (κ2) is 6.31. The number of rotatable bonds is 3. The lowest BCUT2D eigenvalue weighted by Crippen LogP contribution is -2.34. The normalized spacial score (nSPS) is 22.0. The Labute approximate surface area is 127 Å². The van der Waals surface area contributed by atoms with Gasteiger partial charge in [0.2, 0.25) is 0 Å². The molecular weight excluding hydrogens is 258 g/mol. The number of hydrogen-bond acceptors (Lipinski definition) is 2. The Morgan fingerprint density at radius 3 is 2.52 bits per heavy atom. The minimum Gasteiger partial charge on any atom is -0.496 e. The number of methoxy groups -OCH3 is 1. The van der Waals surface area contributed by atoms with Crippen molar-refractivity contribution in [3.63, 3.8) is 0 Å². The van der Waals surface area contributed by atoms with Crippen LogP contribution in [0.2, 0.25) is 0 Å². The quantitative estimate of drug-likeness (QED) is 0.922. The van der Waals surface area contributed by atoms with E-state index in [4.69, 9.17) is 4.74 Å². The summed E-state index contributed by atoms with van der Waals surface area (Å²) in [6.07, 6.45) is 1.19. The molecule has 2 atom stereocenters. The fourth-order valence-electron chi connectivity index (χ4n) is 3.44. The van der Waals surface area contributed by atoms with Crippen molar-refractivity contribution in [3.8, 4) is 5.75 Å². The van der Waals surface area contributed by atoms with Crippen LogP contribution in [0.15, 0.2) is 48.5 Å². The molecule has 21 heavy (non-hydrogen) atoms. The van der Waals surface area contributed by atoms with Crippen molar-refractivity contribution in [2.75, 3.05) is 20.2 Å². The first-order valence-corrected chi connectivity index (χ1v) is 7.70. The van der Waals surface area contributed by atoms with Gasteiger partial charge in [-0.1, -0.05) is 42.5 Å². The maximum atomic E-state index is 5.39. The molecule has 0 bridgehead atoms. The third-order valence-corrected chi connectivity index (χ3v) is 4.56. The summed E-state index contributed by atoms with van der Waals surface area (Å²) in [5.41, 5.74) is 4.09. The maximum absolute atomic E-state index is 5.39. The van der Waals surface area contributed by atoms with Gasteiger partial charge in [0.25, 0.3) is 0 Å². The van der Waals surface area contributed by atoms with Crippen LogP contribution in [0.25, 0.3) is 0 Å². The molecule has 0 saturated carbocycles. The number of nitrogens with one attached hydrogen (secondary N) is 1. The summed E-state index contributed by atoms with van der Waals surface area (Å²) in [6, 6.07) is 17.5. The Morgan fingerprint density at radius 2 is 1.81 bits per heavy atom. The van der Waals surface area contributed by atoms with Crippen LogP contribution in [0.5, 0.6) is 5.75 Å². The molecule has 2 aromatic rings. The number of aryl methyl sites for hydroxylation is 1. The van der Waals surface area contributed by atoms with E-state index in [1.54, 1.807) is 7.11 Å². The molecule has 0 spiro atoms. The minimum absolute atomic E-state index is 0.549. The van der Waals surface area contributed by atoms with E-state index in [1.807, 2.05) is 0 Å². The molecule has 110 valence electrons. The predicted molar refractivity (Wildman–Crippen MR) is 87.1 cm³/mol. The van der Waals surface area contributed by atoms with Crippen LogP contribution in [0.1, 0.15) is 34.9 Å². The molecular formula is C19H23NO. The fourth-order valence-corrected chi connectivity index (χ4v) is 3.44. The van der Waals surface area contributed by atoms with E-state index in [0.717, 1.165) is 18.8 Å². The van der Waals surface area contributed by atoms with Gasteiger partial charge in [0.05, 0.1) is 7.11 Å². The van der Waals surface area contributed by atoms with E-state index in [2.05, 4.69) is 60.8 Å². The molecule has 1 N–H and O–H groups in total. The molecule has 0 aliphatic carbocycles. The average Bonchev–Trinajstić information content (AvgIpc) is 2.55. The summed E-state index contributed by atoms with van der Waals surface area (Å²) >= 11 is 0. The van der Waals surface area contributed by atoms with Crippen LogP contribution in [-0.2, 0) is 0 Å². The van der Waals surface area contributed by atoms with Crippen LogP contribution in [0, 0.1) is 6.92 Å². The first-order valence-electron chi connectivity index (χ1n) is 7.70. The minimum atomic E-state index is 0.549. The standard InChI is InChI=1S/C19H23NO/c1-14-12-16(8-9-19(14)21-2)17-10-11-20-13-18(17)15-6-4-3-5-7-15/h3-9,12,17-18,20H,10-11,13H2,1-2H3. The third-order valence-electron chi connectivity index (χ3n) is 4.56. The Balaban J connectivity index is 1.92. The zero-order valence-electron chi connectivity index (χ0n) is 12.8. The van der Waals surface area contributed by atoms with Crippen LogP contribution in [0.4, 0.5) is 0 Å². The highest BCUT2D eigenvalue weighted by molar-refractivity contribution is 5.39. The summed E-state index contributed by atoms with van der Waals surface area (Å²) in [5, 5.41) is 3.55. The highest BCUT2D eigenvalue weighted by atomic mass is 16.5. The van der Waals surface area contributed by atoms with Gasteiger partial charge in [-0.3, -0.25) is 0 Å². The summed E-state index contributed by atoms with van der Waals surface area (Å²) in [7, 11) is 1.74. The molecule has 2 nitrogen and oxygen atoms in total. The third kappa shape index (κ3) is 2.96. The number of piperidine rings is 1. The Morgan fingerprint density at radius 1 is 1.00 bits per heavy atom. The van der Waals surface area contributed by atoms with E-state index in [-0.39, 0.29) is 0 Å². The van der Waals surface area contributed by atoms with Gasteiger partial charge in [-0.15, -0.1) is 0 Å². The fraction of sp³-hybridized carbons (Fsp3) is 0.368. The number of benzene rings is 2. The molecule has 1 aliphatic rings. The van der Waals surface area contributed by atoms with E-state index >= 15 is 0 Å². The lowest BCUT2D eigenvalue weighted by molar-refractivity contribution is 0.399. The molecule has 2 heteroatoms. The van der Waals surface area contributed by atoms with Crippen molar-refractivity contribution in [2.24, 2.45) is 0 Å². The average molecular weight is 281 g/mol. The molecule has 1 heterocycles. The molecule has 3 rings (SSSR count). The Bertz CT molecular complexity index is 594. The lowest BCUT2D eigenvalue weighted by atomic mass is 9.77. The van der Waals surface area contributed by atoms with Crippen molar-refractivity contribution in [2.45, 2.75) is 25.2 Å². The van der Waals surface area contributed by atoms with Gasteiger partial charge in [-0.25, -0.2) is 0 Å². The maximum Gasteiger partial charge on any atom is 0.121 e. The van der Waals surface area contributed by atoms with E-state index in [9.17, 15) is 0 Å². The zero-order valence-corrected chi connectivity index (χ0v) is 12.8. The number of ether oxygens (including phenoxy) is 1. The van der Waals surface area contributed by atoms with Gasteiger partial charge >= 0.3 is 0 Å². The zero-order chi connectivity index (χ0) is 14.7. The molecule has 2 unspecified atom stereocenters. The molecule has 2 aromatic carbocycles. The van der Waals surface area contributed by atoms with E-state index < -0.39 is 0 Å². The van der Waals surface area contributed by atoms with Crippen LogP contribution >= 0.6 is 0 Å². The van der Waals surface area contributed by atoms with Crippen molar-refractivity contribution < 1.29 is 4.74 Å². The van der Waals surface area contributed by atoms with Crippen LogP contribution in [-0.4, -0.2) is 20.2 Å². The predicted octanol–water partition coefficient (Wildman–Crippen LogP) is 3.86. The summed E-state index contributed by atoms with van der Waals surface area (Å²) in [5.74, 6) is 2.11. The molecule has 1 fully saturated rings. The summed E-state index contributed by atoms with van der Waals surface area (Å²) in [6.45, 7) is 4.28. The molecule has 0 amide bonds. The SMILES string of the molecule is COc1ccc(C2CCNCC2c2ccccc2)cc1C. The van der Waals surface area contributed by atoms with Crippen molar-refractivity contribution >= 4 is 0 Å². The largest absolute Gasteiger partial charge is 0.496 e. The smallest absolute Gasteiger partial charge is 0.121 e.